The van der Waals surface area contributed by atoms with Crippen molar-refractivity contribution in [1.29, 1.82) is 5.26 Å². The van der Waals surface area contributed by atoms with Crippen LogP contribution in [0.5, 0.6) is 0 Å². The Kier molecular flexibility index (Phi) is 3.75. The highest BCUT2D eigenvalue weighted by molar-refractivity contribution is 5.11. The van der Waals surface area contributed by atoms with E-state index in [2.05, 4.69) is 23.3 Å². The topological polar surface area (TPSA) is 48.7 Å². The van der Waals surface area contributed by atoms with Crippen LogP contribution in [0.15, 0.2) is 24.4 Å². The average molecular weight is 229 g/mol. The van der Waals surface area contributed by atoms with Crippen LogP contribution in [0.4, 0.5) is 0 Å². The van der Waals surface area contributed by atoms with Gasteiger partial charge in [0.2, 0.25) is 0 Å². The van der Waals surface area contributed by atoms with Crippen LogP contribution in [0.2, 0.25) is 0 Å². The van der Waals surface area contributed by atoms with Gasteiger partial charge in [-0.15, -0.1) is 0 Å². The molecule has 1 N–H and O–H groups in total. The number of rotatable bonds is 3. The predicted octanol–water partition coefficient (Wildman–Crippen LogP) is 2.64. The maximum absolute atomic E-state index is 9.37. The molecule has 0 unspecified atom stereocenters. The Bertz CT molecular complexity index is 386. The normalized spacial score (nSPS) is 28.6. The summed E-state index contributed by atoms with van der Waals surface area (Å²) in [5, 5.41) is 12.8. The number of hydrogen-bond donors (Lipinski definition) is 1. The van der Waals surface area contributed by atoms with Crippen molar-refractivity contribution < 1.29 is 0 Å². The summed E-state index contributed by atoms with van der Waals surface area (Å²) in [5.74, 6) is 0.758. The summed E-state index contributed by atoms with van der Waals surface area (Å²) in [6, 6.07) is 8.35. The van der Waals surface area contributed by atoms with Gasteiger partial charge in [-0.3, -0.25) is 10.3 Å². The molecule has 0 spiro atoms. The number of nitrogens with zero attached hydrogens (tertiary/aromatic N) is 2. The summed E-state index contributed by atoms with van der Waals surface area (Å²) < 4.78 is 0. The molecule has 3 heteroatoms. The second-order valence-electron chi connectivity index (χ2n) is 5.05. The minimum absolute atomic E-state index is 0.329. The molecule has 0 saturated heterocycles. The molecule has 0 atom stereocenters. The van der Waals surface area contributed by atoms with Gasteiger partial charge in [0.05, 0.1) is 11.8 Å². The third kappa shape index (κ3) is 3.04. The lowest BCUT2D eigenvalue weighted by Crippen LogP contribution is -2.46. The molecule has 1 heterocycles. The second-order valence-corrected chi connectivity index (χ2v) is 5.05. The summed E-state index contributed by atoms with van der Waals surface area (Å²) in [6.45, 7) is 2.95. The Hall–Kier alpha value is -1.40. The van der Waals surface area contributed by atoms with Crippen molar-refractivity contribution in [2.24, 2.45) is 5.92 Å². The fraction of sp³-hybridized carbons (Fsp3) is 0.571. The highest BCUT2D eigenvalue weighted by Crippen LogP contribution is 2.31. The third-order valence-electron chi connectivity index (χ3n) is 3.68. The van der Waals surface area contributed by atoms with E-state index in [0.29, 0.717) is 6.54 Å². The Morgan fingerprint density at radius 2 is 2.24 bits per heavy atom. The van der Waals surface area contributed by atoms with Crippen molar-refractivity contribution in [3.63, 3.8) is 0 Å². The van der Waals surface area contributed by atoms with E-state index in [1.54, 1.807) is 6.20 Å². The van der Waals surface area contributed by atoms with Crippen molar-refractivity contribution in [3.8, 4) is 6.07 Å². The molecular formula is C14H19N3. The summed E-state index contributed by atoms with van der Waals surface area (Å²) in [6.07, 6.45) is 5.99. The lowest BCUT2D eigenvalue weighted by molar-refractivity contribution is 0.247. The Balaban J connectivity index is 1.95. The molecule has 17 heavy (non-hydrogen) atoms. The number of nitriles is 1. The zero-order chi connectivity index (χ0) is 12.1. The molecule has 1 aromatic heterocycles. The van der Waals surface area contributed by atoms with Crippen LogP contribution in [0.1, 0.15) is 38.3 Å². The monoisotopic (exact) mass is 229 g/mol. The van der Waals surface area contributed by atoms with Crippen molar-refractivity contribution in [2.75, 3.05) is 0 Å². The van der Waals surface area contributed by atoms with E-state index in [9.17, 15) is 5.26 Å². The number of aromatic nitrogens is 1. The first-order chi connectivity index (χ1) is 8.24. The quantitative estimate of drug-likeness (QED) is 0.866. The van der Waals surface area contributed by atoms with Gasteiger partial charge in [0.1, 0.15) is 5.54 Å². The lowest BCUT2D eigenvalue weighted by atomic mass is 9.78. The Labute approximate surface area is 103 Å². The van der Waals surface area contributed by atoms with E-state index in [1.807, 2.05) is 18.2 Å². The van der Waals surface area contributed by atoms with Crippen molar-refractivity contribution in [3.05, 3.63) is 30.1 Å². The maximum Gasteiger partial charge on any atom is 0.107 e. The SMILES string of the molecule is CC1CCC(C#N)(NCc2ccccn2)CC1. The second kappa shape index (κ2) is 5.29. The van der Waals surface area contributed by atoms with E-state index in [4.69, 9.17) is 0 Å². The first-order valence-electron chi connectivity index (χ1n) is 6.30. The fourth-order valence-electron chi connectivity index (χ4n) is 2.35. The van der Waals surface area contributed by atoms with E-state index in [-0.39, 0.29) is 5.54 Å². The molecule has 1 aromatic rings. The van der Waals surface area contributed by atoms with Crippen molar-refractivity contribution in [1.82, 2.24) is 10.3 Å². The van der Waals surface area contributed by atoms with E-state index in [1.165, 1.54) is 0 Å². The van der Waals surface area contributed by atoms with Gasteiger partial charge >= 0.3 is 0 Å². The molecule has 2 rings (SSSR count). The first-order valence-corrected chi connectivity index (χ1v) is 6.30. The van der Waals surface area contributed by atoms with Gasteiger partial charge in [-0.2, -0.15) is 5.26 Å². The van der Waals surface area contributed by atoms with E-state index < -0.39 is 0 Å². The van der Waals surface area contributed by atoms with E-state index >= 15 is 0 Å². The number of hydrogen-bond acceptors (Lipinski definition) is 3. The molecule has 90 valence electrons. The zero-order valence-electron chi connectivity index (χ0n) is 10.3. The van der Waals surface area contributed by atoms with Crippen LogP contribution in [0.3, 0.4) is 0 Å². The average Bonchev–Trinajstić information content (AvgIpc) is 2.40. The summed E-state index contributed by atoms with van der Waals surface area (Å²) >= 11 is 0. The molecule has 1 saturated carbocycles. The summed E-state index contributed by atoms with van der Waals surface area (Å²) in [4.78, 5) is 4.27. The molecule has 1 aliphatic carbocycles. The highest BCUT2D eigenvalue weighted by Gasteiger charge is 2.33. The zero-order valence-corrected chi connectivity index (χ0v) is 10.3. The molecule has 0 bridgehead atoms. The molecule has 0 aliphatic heterocycles. The minimum Gasteiger partial charge on any atom is -0.294 e. The maximum atomic E-state index is 9.37. The van der Waals surface area contributed by atoms with Gasteiger partial charge in [0.15, 0.2) is 0 Å². The Morgan fingerprint density at radius 3 is 2.82 bits per heavy atom. The van der Waals surface area contributed by atoms with Gasteiger partial charge in [-0.05, 0) is 43.7 Å². The van der Waals surface area contributed by atoms with Gasteiger partial charge < -0.3 is 0 Å². The van der Waals surface area contributed by atoms with Crippen molar-refractivity contribution >= 4 is 0 Å². The molecule has 3 nitrogen and oxygen atoms in total. The van der Waals surface area contributed by atoms with Crippen LogP contribution < -0.4 is 5.32 Å². The Morgan fingerprint density at radius 1 is 1.47 bits per heavy atom. The van der Waals surface area contributed by atoms with Crippen LogP contribution in [0.25, 0.3) is 0 Å². The van der Waals surface area contributed by atoms with Gasteiger partial charge in [-0.1, -0.05) is 13.0 Å². The largest absolute Gasteiger partial charge is 0.294 e. The number of pyridine rings is 1. The third-order valence-corrected chi connectivity index (χ3v) is 3.68. The molecule has 1 aliphatic rings. The smallest absolute Gasteiger partial charge is 0.107 e. The van der Waals surface area contributed by atoms with Crippen LogP contribution in [0, 0.1) is 17.2 Å². The number of nitrogens with one attached hydrogen (secondary N) is 1. The standard InChI is InChI=1S/C14H19N3/c1-12-5-7-14(11-15,8-6-12)17-10-13-4-2-3-9-16-13/h2-4,9,12,17H,5-8,10H2,1H3. The summed E-state index contributed by atoms with van der Waals surface area (Å²) in [5.41, 5.74) is 0.671. The fourth-order valence-corrected chi connectivity index (χ4v) is 2.35. The first kappa shape index (κ1) is 12.1. The van der Waals surface area contributed by atoms with Crippen LogP contribution >= 0.6 is 0 Å². The van der Waals surface area contributed by atoms with Crippen LogP contribution in [-0.2, 0) is 6.54 Å². The minimum atomic E-state index is -0.329. The lowest BCUT2D eigenvalue weighted by Gasteiger charge is -2.34. The van der Waals surface area contributed by atoms with E-state index in [0.717, 1.165) is 37.3 Å². The predicted molar refractivity (Wildman–Crippen MR) is 67.1 cm³/mol. The van der Waals surface area contributed by atoms with Gasteiger partial charge in [0.25, 0.3) is 0 Å². The van der Waals surface area contributed by atoms with Crippen molar-refractivity contribution in [2.45, 2.75) is 44.7 Å². The molecule has 0 aromatic carbocycles. The molecule has 1 fully saturated rings. The highest BCUT2D eigenvalue weighted by atomic mass is 15.0. The molecule has 0 radical (unpaired) electrons. The summed E-state index contributed by atoms with van der Waals surface area (Å²) in [7, 11) is 0. The van der Waals surface area contributed by atoms with Gasteiger partial charge in [0, 0.05) is 12.7 Å². The van der Waals surface area contributed by atoms with Gasteiger partial charge in [-0.25, -0.2) is 0 Å². The molecular weight excluding hydrogens is 210 g/mol. The molecule has 0 amide bonds. The van der Waals surface area contributed by atoms with Crippen LogP contribution in [-0.4, -0.2) is 10.5 Å².